The lowest BCUT2D eigenvalue weighted by atomic mass is 10.0. The first-order valence-corrected chi connectivity index (χ1v) is 15.1. The number of anilines is 1. The fourth-order valence-corrected chi connectivity index (χ4v) is 6.36. The molecular weight excluding hydrogens is 612 g/mol. The number of hydrogen-bond acceptors (Lipinski definition) is 7. The van der Waals surface area contributed by atoms with Crippen molar-refractivity contribution in [2.24, 2.45) is 5.73 Å². The topological polar surface area (TPSA) is 227 Å². The summed E-state index contributed by atoms with van der Waals surface area (Å²) in [5.74, 6) is -2.51. The van der Waals surface area contributed by atoms with Crippen molar-refractivity contribution in [3.63, 3.8) is 0 Å². The highest BCUT2D eigenvalue weighted by Crippen LogP contribution is 2.31. The normalized spacial score (nSPS) is 11.0. The van der Waals surface area contributed by atoms with Crippen LogP contribution in [0, 0.1) is 5.41 Å². The second-order valence-corrected chi connectivity index (χ2v) is 11.8. The Kier molecular flexibility index (Phi) is 9.94. The second-order valence-electron chi connectivity index (χ2n) is 10.0. The predicted molar refractivity (Wildman–Crippen MR) is 173 cm³/mol. The first kappa shape index (κ1) is 33.0. The highest BCUT2D eigenvalue weighted by molar-refractivity contribution is 7.93. The molecule has 0 fully saturated rings. The SMILES string of the molecule is N=C(N)c1ccc(CNC(=O)c2cccc3cc(N(CC(=O)NCC(=O)O)S(=O)(=O)c4cccc5cccnc45)ccc23)cc1.O. The quantitative estimate of drug-likeness (QED) is 0.106. The number of carbonyl (C=O) groups excluding carboxylic acids is 2. The lowest BCUT2D eigenvalue weighted by Gasteiger charge is -2.25. The number of nitrogen functional groups attached to an aromatic ring is 1. The zero-order valence-corrected chi connectivity index (χ0v) is 25.0. The zero-order valence-electron chi connectivity index (χ0n) is 24.2. The number of amides is 2. The number of carboxylic acids is 1. The number of benzene rings is 4. The molecule has 14 heteroatoms. The third-order valence-electron chi connectivity index (χ3n) is 7.00. The maximum absolute atomic E-state index is 14.1. The van der Waals surface area contributed by atoms with E-state index in [1.165, 1.54) is 18.3 Å². The number of sulfonamides is 1. The summed E-state index contributed by atoms with van der Waals surface area (Å²) < 4.78 is 29.1. The number of nitrogens with two attached hydrogens (primary N) is 1. The van der Waals surface area contributed by atoms with E-state index < -0.39 is 35.0 Å². The van der Waals surface area contributed by atoms with Crippen molar-refractivity contribution in [3.8, 4) is 0 Å². The van der Waals surface area contributed by atoms with E-state index in [9.17, 15) is 22.8 Å². The fraction of sp³-hybridized carbons (Fsp3) is 0.0938. The first-order valence-electron chi connectivity index (χ1n) is 13.6. The molecule has 236 valence electrons. The largest absolute Gasteiger partial charge is 0.480 e. The third kappa shape index (κ3) is 7.09. The van der Waals surface area contributed by atoms with Gasteiger partial charge in [-0.05, 0) is 46.7 Å². The Balaban J connectivity index is 0.00000480. The van der Waals surface area contributed by atoms with Crippen molar-refractivity contribution in [1.82, 2.24) is 15.6 Å². The van der Waals surface area contributed by atoms with Crippen molar-refractivity contribution in [3.05, 3.63) is 114 Å². The van der Waals surface area contributed by atoms with E-state index >= 15 is 0 Å². The first-order chi connectivity index (χ1) is 21.5. The highest BCUT2D eigenvalue weighted by atomic mass is 32.2. The molecule has 5 rings (SSSR count). The van der Waals surface area contributed by atoms with Crippen LogP contribution in [0.25, 0.3) is 21.7 Å². The minimum Gasteiger partial charge on any atom is -0.480 e. The van der Waals surface area contributed by atoms with Gasteiger partial charge in [-0.1, -0.05) is 60.7 Å². The van der Waals surface area contributed by atoms with Crippen LogP contribution in [0.2, 0.25) is 0 Å². The van der Waals surface area contributed by atoms with Gasteiger partial charge in [0.1, 0.15) is 23.8 Å². The van der Waals surface area contributed by atoms with Crippen molar-refractivity contribution >= 4 is 61.0 Å². The van der Waals surface area contributed by atoms with Gasteiger partial charge in [0.05, 0.1) is 11.2 Å². The van der Waals surface area contributed by atoms with Gasteiger partial charge in [-0.2, -0.15) is 0 Å². The number of aliphatic carboxylic acids is 1. The van der Waals surface area contributed by atoms with Crippen molar-refractivity contribution in [2.45, 2.75) is 11.4 Å². The third-order valence-corrected chi connectivity index (χ3v) is 8.81. The standard InChI is InChI=1S/C32H28N6O6S.H2O/c33-31(34)22-11-9-20(10-12-22)17-37-32(42)26-7-1-5-23-16-24(13-14-25(23)26)38(19-28(39)36-18-29(40)41)45(43,44)27-8-2-4-21-6-3-15-35-30(21)27;/h1-16H,17-19H2,(H3,33,34)(H,36,39)(H,37,42)(H,40,41);1H2. The predicted octanol–water partition coefficient (Wildman–Crippen LogP) is 2.17. The average Bonchev–Trinajstić information content (AvgIpc) is 3.04. The number of carboxylic acid groups (broad SMARTS) is 1. The lowest BCUT2D eigenvalue weighted by molar-refractivity contribution is -0.137. The van der Waals surface area contributed by atoms with E-state index in [1.807, 2.05) is 0 Å². The molecular formula is C32H30N6O7S. The van der Waals surface area contributed by atoms with Crippen LogP contribution < -0.4 is 20.7 Å². The molecule has 0 atom stereocenters. The van der Waals surface area contributed by atoms with E-state index in [2.05, 4.69) is 15.6 Å². The van der Waals surface area contributed by atoms with Gasteiger partial charge in [0.25, 0.3) is 15.9 Å². The van der Waals surface area contributed by atoms with Crippen molar-refractivity contribution < 1.29 is 33.4 Å². The molecule has 0 aliphatic rings. The molecule has 1 aromatic heterocycles. The van der Waals surface area contributed by atoms with Crippen LogP contribution in [0.4, 0.5) is 5.69 Å². The molecule has 0 saturated heterocycles. The summed E-state index contributed by atoms with van der Waals surface area (Å²) in [7, 11) is -4.40. The smallest absolute Gasteiger partial charge is 0.322 e. The van der Waals surface area contributed by atoms with Crippen molar-refractivity contribution in [2.75, 3.05) is 17.4 Å². The minimum absolute atomic E-state index is 0. The van der Waals surface area contributed by atoms with Gasteiger partial charge in [0.15, 0.2) is 0 Å². The molecule has 0 unspecified atom stereocenters. The number of nitrogens with zero attached hydrogens (tertiary/aromatic N) is 2. The minimum atomic E-state index is -4.40. The summed E-state index contributed by atoms with van der Waals surface area (Å²) in [6, 6.07) is 24.6. The highest BCUT2D eigenvalue weighted by Gasteiger charge is 2.30. The number of nitrogens with one attached hydrogen (secondary N) is 3. The van der Waals surface area contributed by atoms with Gasteiger partial charge < -0.3 is 26.9 Å². The molecule has 0 aliphatic carbocycles. The van der Waals surface area contributed by atoms with E-state index in [4.69, 9.17) is 16.2 Å². The van der Waals surface area contributed by atoms with Crippen LogP contribution in [0.3, 0.4) is 0 Å². The van der Waals surface area contributed by atoms with Gasteiger partial charge in [-0.15, -0.1) is 0 Å². The van der Waals surface area contributed by atoms with Crippen LogP contribution in [0.1, 0.15) is 21.5 Å². The number of aromatic nitrogens is 1. The second kappa shape index (κ2) is 13.8. The molecule has 13 nitrogen and oxygen atoms in total. The number of hydrogen-bond donors (Lipinski definition) is 5. The number of carbonyl (C=O) groups is 3. The zero-order chi connectivity index (χ0) is 32.1. The molecule has 0 bridgehead atoms. The molecule has 46 heavy (non-hydrogen) atoms. The fourth-order valence-electron chi connectivity index (χ4n) is 4.78. The monoisotopic (exact) mass is 642 g/mol. The summed E-state index contributed by atoms with van der Waals surface area (Å²) in [4.78, 5) is 41.1. The van der Waals surface area contributed by atoms with Crippen LogP contribution in [0.15, 0.2) is 102 Å². The molecule has 0 saturated carbocycles. The number of pyridine rings is 1. The Labute approximate surface area is 263 Å². The van der Waals surface area contributed by atoms with Gasteiger partial charge in [-0.25, -0.2) is 8.42 Å². The van der Waals surface area contributed by atoms with Crippen LogP contribution in [-0.4, -0.2) is 60.7 Å². The molecule has 1 heterocycles. The molecule has 2 amide bonds. The number of para-hydroxylation sites is 1. The molecule has 5 aromatic rings. The molecule has 0 spiro atoms. The Morgan fingerprint density at radius 1 is 0.891 bits per heavy atom. The van der Waals surface area contributed by atoms with Gasteiger partial charge in [-0.3, -0.25) is 29.1 Å². The molecule has 8 N–H and O–H groups in total. The van der Waals surface area contributed by atoms with E-state index in [1.54, 1.807) is 78.9 Å². The number of fused-ring (bicyclic) bond motifs is 2. The number of rotatable bonds is 11. The van der Waals surface area contributed by atoms with Gasteiger partial charge in [0, 0.05) is 29.3 Å². The maximum atomic E-state index is 14.1. The van der Waals surface area contributed by atoms with Crippen LogP contribution in [-0.2, 0) is 26.2 Å². The van der Waals surface area contributed by atoms with E-state index in [0.717, 1.165) is 9.87 Å². The summed E-state index contributed by atoms with van der Waals surface area (Å²) in [6.07, 6.45) is 1.47. The Bertz CT molecular complexity index is 2060. The lowest BCUT2D eigenvalue weighted by Crippen LogP contribution is -2.42. The van der Waals surface area contributed by atoms with E-state index in [0.29, 0.717) is 27.3 Å². The van der Waals surface area contributed by atoms with Crippen molar-refractivity contribution in [1.29, 1.82) is 5.41 Å². The van der Waals surface area contributed by atoms with Crippen LogP contribution in [0.5, 0.6) is 0 Å². The summed E-state index contributed by atoms with van der Waals surface area (Å²) in [6.45, 7) is -1.16. The average molecular weight is 643 g/mol. The Morgan fingerprint density at radius 2 is 1.59 bits per heavy atom. The molecule has 4 aromatic carbocycles. The number of amidine groups is 1. The molecule has 0 radical (unpaired) electrons. The van der Waals surface area contributed by atoms with Gasteiger partial charge in [0.2, 0.25) is 5.91 Å². The Morgan fingerprint density at radius 3 is 2.30 bits per heavy atom. The Hall–Kier alpha value is -5.86. The molecule has 0 aliphatic heterocycles. The summed E-state index contributed by atoms with van der Waals surface area (Å²) in [5, 5.41) is 23.2. The maximum Gasteiger partial charge on any atom is 0.322 e. The van der Waals surface area contributed by atoms with E-state index in [-0.39, 0.29) is 39.9 Å². The van der Waals surface area contributed by atoms with Gasteiger partial charge >= 0.3 is 5.97 Å². The summed E-state index contributed by atoms with van der Waals surface area (Å²) >= 11 is 0. The van der Waals surface area contributed by atoms with Crippen LogP contribution >= 0.6 is 0 Å². The summed E-state index contributed by atoms with van der Waals surface area (Å²) in [5.41, 5.74) is 7.57.